The Labute approximate surface area is 105 Å². The van der Waals surface area contributed by atoms with Crippen LogP contribution in [0, 0.1) is 11.3 Å². The fourth-order valence-corrected chi connectivity index (χ4v) is 4.84. The number of aliphatic hydroxyl groups is 1. The van der Waals surface area contributed by atoms with Crippen molar-refractivity contribution >= 4 is 11.8 Å². The predicted octanol–water partition coefficient (Wildman–Crippen LogP) is 2.20. The van der Waals surface area contributed by atoms with Gasteiger partial charge >= 0.3 is 0 Å². The van der Waals surface area contributed by atoms with Crippen LogP contribution in [0.1, 0.15) is 36.9 Å². The minimum absolute atomic E-state index is 0.376. The summed E-state index contributed by atoms with van der Waals surface area (Å²) < 4.78 is 0. The molecule has 3 heterocycles. The van der Waals surface area contributed by atoms with Crippen LogP contribution in [0.5, 0.6) is 0 Å². The average molecular weight is 246 g/mol. The molecule has 2 aliphatic rings. The molecule has 0 spiro atoms. The molecule has 1 N–H and O–H groups in total. The van der Waals surface area contributed by atoms with E-state index >= 15 is 0 Å². The van der Waals surface area contributed by atoms with Crippen LogP contribution >= 0.6 is 11.8 Å². The fraction of sp³-hybridized carbons (Fsp3) is 0.538. The molecule has 3 nitrogen and oxygen atoms in total. The minimum Gasteiger partial charge on any atom is -0.385 e. The van der Waals surface area contributed by atoms with Gasteiger partial charge in [0.1, 0.15) is 11.8 Å². The van der Waals surface area contributed by atoms with E-state index in [0.29, 0.717) is 16.2 Å². The molecule has 88 valence electrons. The molecule has 2 atom stereocenters. The maximum absolute atomic E-state index is 10.8. The van der Waals surface area contributed by atoms with Crippen molar-refractivity contribution in [3.8, 4) is 6.07 Å². The highest BCUT2D eigenvalue weighted by molar-refractivity contribution is 8.00. The van der Waals surface area contributed by atoms with E-state index in [1.807, 2.05) is 17.8 Å². The van der Waals surface area contributed by atoms with Gasteiger partial charge in [-0.2, -0.15) is 17.0 Å². The minimum atomic E-state index is -0.837. The van der Waals surface area contributed by atoms with Crippen LogP contribution < -0.4 is 0 Å². The Morgan fingerprint density at radius 3 is 2.76 bits per heavy atom. The molecule has 2 aliphatic heterocycles. The van der Waals surface area contributed by atoms with Crippen LogP contribution in [-0.2, 0) is 5.60 Å². The molecule has 0 saturated carbocycles. The lowest BCUT2D eigenvalue weighted by molar-refractivity contribution is 0.0190. The Bertz CT molecular complexity index is 471. The quantitative estimate of drug-likeness (QED) is 0.825. The second kappa shape index (κ2) is 4.01. The third-order valence-electron chi connectivity index (χ3n) is 3.74. The van der Waals surface area contributed by atoms with Crippen LogP contribution in [0.2, 0.25) is 0 Å². The summed E-state index contributed by atoms with van der Waals surface area (Å²) in [4.78, 5) is 4.06. The summed E-state index contributed by atoms with van der Waals surface area (Å²) in [6.07, 6.45) is 5.51. The molecule has 0 aliphatic carbocycles. The van der Waals surface area contributed by atoms with E-state index in [2.05, 4.69) is 11.1 Å². The smallest absolute Gasteiger partial charge is 0.146 e. The highest BCUT2D eigenvalue weighted by Crippen LogP contribution is 2.51. The monoisotopic (exact) mass is 246 g/mol. The van der Waals surface area contributed by atoms with Gasteiger partial charge in [-0.1, -0.05) is 6.07 Å². The van der Waals surface area contributed by atoms with E-state index in [0.717, 1.165) is 18.4 Å². The number of nitrogens with zero attached hydrogens (tertiary/aromatic N) is 2. The predicted molar refractivity (Wildman–Crippen MR) is 66.5 cm³/mol. The van der Waals surface area contributed by atoms with Gasteiger partial charge in [0.05, 0.1) is 5.60 Å². The number of fused-ring (bicyclic) bond motifs is 2. The summed E-state index contributed by atoms with van der Waals surface area (Å²) in [5.41, 5.74) is 0.261. The van der Waals surface area contributed by atoms with E-state index in [1.165, 1.54) is 12.8 Å². The SMILES string of the molecule is N#Cc1ncccc1C1(O)CC2CCC(C1)S2. The molecule has 2 saturated heterocycles. The third-order valence-corrected chi connectivity index (χ3v) is 5.32. The zero-order valence-electron chi connectivity index (χ0n) is 9.47. The van der Waals surface area contributed by atoms with Gasteiger partial charge in [-0.3, -0.25) is 0 Å². The van der Waals surface area contributed by atoms with Crippen molar-refractivity contribution < 1.29 is 5.11 Å². The van der Waals surface area contributed by atoms with E-state index in [9.17, 15) is 5.11 Å². The maximum Gasteiger partial charge on any atom is 0.146 e. The van der Waals surface area contributed by atoms with Gasteiger partial charge in [0.25, 0.3) is 0 Å². The lowest BCUT2D eigenvalue weighted by Gasteiger charge is -2.36. The van der Waals surface area contributed by atoms with Crippen molar-refractivity contribution in [2.45, 2.75) is 41.8 Å². The first-order valence-corrected chi connectivity index (χ1v) is 6.89. The van der Waals surface area contributed by atoms with Gasteiger partial charge in [-0.15, -0.1) is 0 Å². The topological polar surface area (TPSA) is 56.9 Å². The second-order valence-corrected chi connectivity index (χ2v) is 6.51. The van der Waals surface area contributed by atoms with E-state index in [-0.39, 0.29) is 0 Å². The van der Waals surface area contributed by atoms with Crippen molar-refractivity contribution in [3.63, 3.8) is 0 Å². The molecule has 4 heteroatoms. The van der Waals surface area contributed by atoms with Crippen molar-refractivity contribution in [1.29, 1.82) is 5.26 Å². The number of aromatic nitrogens is 1. The zero-order valence-corrected chi connectivity index (χ0v) is 10.3. The molecule has 2 fully saturated rings. The number of pyridine rings is 1. The van der Waals surface area contributed by atoms with Gasteiger partial charge in [-0.05, 0) is 31.7 Å². The lowest BCUT2D eigenvalue weighted by Crippen LogP contribution is -2.35. The van der Waals surface area contributed by atoms with Crippen molar-refractivity contribution in [1.82, 2.24) is 4.98 Å². The first-order chi connectivity index (χ1) is 8.21. The summed E-state index contributed by atoms with van der Waals surface area (Å²) >= 11 is 2.00. The summed E-state index contributed by atoms with van der Waals surface area (Å²) in [6, 6.07) is 5.74. The highest BCUT2D eigenvalue weighted by Gasteiger charge is 2.45. The molecule has 3 rings (SSSR count). The molecule has 1 aromatic heterocycles. The van der Waals surface area contributed by atoms with Gasteiger partial charge in [0, 0.05) is 22.3 Å². The van der Waals surface area contributed by atoms with Crippen LogP contribution in [-0.4, -0.2) is 20.6 Å². The Kier molecular flexibility index (Phi) is 2.61. The normalized spacial score (nSPS) is 35.5. The number of rotatable bonds is 1. The highest BCUT2D eigenvalue weighted by atomic mass is 32.2. The number of nitriles is 1. The van der Waals surface area contributed by atoms with Gasteiger partial charge < -0.3 is 5.11 Å². The molecule has 0 amide bonds. The molecule has 1 aromatic rings. The first kappa shape index (κ1) is 11.1. The Hall–Kier alpha value is -1.05. The van der Waals surface area contributed by atoms with Gasteiger partial charge in [0.2, 0.25) is 0 Å². The van der Waals surface area contributed by atoms with Crippen LogP contribution in [0.3, 0.4) is 0 Å². The zero-order chi connectivity index (χ0) is 11.9. The average Bonchev–Trinajstić information content (AvgIpc) is 2.69. The number of hydrogen-bond donors (Lipinski definition) is 1. The lowest BCUT2D eigenvalue weighted by atomic mass is 9.85. The Morgan fingerprint density at radius 1 is 1.41 bits per heavy atom. The molecule has 0 radical (unpaired) electrons. The van der Waals surface area contributed by atoms with Crippen molar-refractivity contribution in [2.75, 3.05) is 0 Å². The fourth-order valence-electron chi connectivity index (χ4n) is 3.01. The summed E-state index contributed by atoms with van der Waals surface area (Å²) in [5, 5.41) is 21.0. The molecule has 0 aromatic carbocycles. The summed E-state index contributed by atoms with van der Waals surface area (Å²) in [7, 11) is 0. The molecule has 2 unspecified atom stereocenters. The summed E-state index contributed by atoms with van der Waals surface area (Å²) in [5.74, 6) is 0. The summed E-state index contributed by atoms with van der Waals surface area (Å²) in [6.45, 7) is 0. The van der Waals surface area contributed by atoms with Crippen LogP contribution in [0.4, 0.5) is 0 Å². The molecular weight excluding hydrogens is 232 g/mol. The maximum atomic E-state index is 10.8. The molecular formula is C13H14N2OS. The molecule has 2 bridgehead atoms. The van der Waals surface area contributed by atoms with Gasteiger partial charge in [-0.25, -0.2) is 4.98 Å². The van der Waals surface area contributed by atoms with Crippen LogP contribution in [0.15, 0.2) is 18.3 Å². The van der Waals surface area contributed by atoms with Crippen molar-refractivity contribution in [3.05, 3.63) is 29.6 Å². The van der Waals surface area contributed by atoms with E-state index in [4.69, 9.17) is 5.26 Å². The first-order valence-electron chi connectivity index (χ1n) is 5.95. The Morgan fingerprint density at radius 2 is 2.12 bits per heavy atom. The number of hydrogen-bond acceptors (Lipinski definition) is 4. The second-order valence-electron chi connectivity index (χ2n) is 4.91. The van der Waals surface area contributed by atoms with Crippen LogP contribution in [0.25, 0.3) is 0 Å². The standard InChI is InChI=1S/C13H14N2OS/c14-8-12-11(2-1-5-15-12)13(16)6-9-3-4-10(7-13)17-9/h1-2,5,9-10,16H,3-4,6-7H2. The van der Waals surface area contributed by atoms with Crippen molar-refractivity contribution in [2.24, 2.45) is 0 Å². The largest absolute Gasteiger partial charge is 0.385 e. The van der Waals surface area contributed by atoms with Gasteiger partial charge in [0.15, 0.2) is 0 Å². The molecule has 17 heavy (non-hydrogen) atoms. The van der Waals surface area contributed by atoms with E-state index < -0.39 is 5.60 Å². The van der Waals surface area contributed by atoms with E-state index in [1.54, 1.807) is 12.3 Å². The Balaban J connectivity index is 2.00. The third kappa shape index (κ3) is 1.84. The number of thioether (sulfide) groups is 1.